The van der Waals surface area contributed by atoms with Gasteiger partial charge in [0.2, 0.25) is 0 Å². The lowest BCUT2D eigenvalue weighted by molar-refractivity contribution is 0.562. The number of hydrogen-bond donors (Lipinski definition) is 0. The Morgan fingerprint density at radius 3 is 2.00 bits per heavy atom. The zero-order chi connectivity index (χ0) is 24.2. The zero-order valence-corrected chi connectivity index (χ0v) is 20.9. The molecule has 1 nitrogen and oxygen atoms in total. The molecule has 1 aromatic heterocycles. The molecule has 0 N–H and O–H groups in total. The Morgan fingerprint density at radius 1 is 0.722 bits per heavy atom. The van der Waals surface area contributed by atoms with E-state index >= 15 is 0 Å². The maximum atomic E-state index is 6.34. The van der Waals surface area contributed by atoms with Crippen molar-refractivity contribution in [1.29, 1.82) is 0 Å². The van der Waals surface area contributed by atoms with Gasteiger partial charge in [-0.3, -0.25) is 0 Å². The quantitative estimate of drug-likeness (QED) is 0.241. The lowest BCUT2D eigenvalue weighted by Gasteiger charge is -2.26. The summed E-state index contributed by atoms with van der Waals surface area (Å²) in [5, 5.41) is 2.14. The van der Waals surface area contributed by atoms with Gasteiger partial charge in [-0.15, -0.1) is 0 Å². The predicted molar refractivity (Wildman–Crippen MR) is 150 cm³/mol. The van der Waals surface area contributed by atoms with Gasteiger partial charge in [-0.2, -0.15) is 0 Å². The van der Waals surface area contributed by atoms with Crippen LogP contribution in [0.25, 0.3) is 16.5 Å². The van der Waals surface area contributed by atoms with E-state index in [4.69, 9.17) is 11.6 Å². The number of rotatable bonds is 3. The third-order valence-electron chi connectivity index (χ3n) is 8.05. The number of halogens is 1. The first kappa shape index (κ1) is 21.5. The van der Waals surface area contributed by atoms with Crippen LogP contribution in [0.3, 0.4) is 0 Å². The molecule has 3 atom stereocenters. The van der Waals surface area contributed by atoms with Crippen LogP contribution < -0.4 is 0 Å². The van der Waals surface area contributed by atoms with Crippen LogP contribution in [-0.4, -0.2) is 4.57 Å². The Kier molecular flexibility index (Phi) is 5.01. The number of fused-ring (bicyclic) bond motifs is 5. The van der Waals surface area contributed by atoms with Crippen molar-refractivity contribution in [2.24, 2.45) is 13.0 Å². The largest absolute Gasteiger partial charge is 0.347 e. The third-order valence-corrected chi connectivity index (χ3v) is 8.30. The Balaban J connectivity index is 1.53. The van der Waals surface area contributed by atoms with Gasteiger partial charge < -0.3 is 4.57 Å². The summed E-state index contributed by atoms with van der Waals surface area (Å²) in [6, 6.07) is 39.1. The van der Waals surface area contributed by atoms with Crippen molar-refractivity contribution in [3.05, 3.63) is 160 Å². The van der Waals surface area contributed by atoms with Crippen molar-refractivity contribution in [3.8, 4) is 0 Å². The molecule has 2 heteroatoms. The molecular weight excluding hydrogens is 458 g/mol. The van der Waals surface area contributed by atoms with Crippen LogP contribution >= 0.6 is 11.6 Å². The summed E-state index contributed by atoms with van der Waals surface area (Å²) in [4.78, 5) is 0. The number of hydrogen-bond acceptors (Lipinski definition) is 0. The number of nitrogens with zero attached hydrogens (tertiary/aromatic N) is 1. The van der Waals surface area contributed by atoms with Gasteiger partial charge in [0.15, 0.2) is 0 Å². The highest BCUT2D eigenvalue weighted by Crippen LogP contribution is 2.60. The first-order valence-corrected chi connectivity index (χ1v) is 13.0. The molecule has 0 saturated heterocycles. The highest BCUT2D eigenvalue weighted by Gasteiger charge is 2.48. The van der Waals surface area contributed by atoms with E-state index in [0.29, 0.717) is 11.8 Å². The van der Waals surface area contributed by atoms with Crippen LogP contribution in [0.4, 0.5) is 0 Å². The minimum atomic E-state index is 0.251. The molecule has 0 amide bonds. The molecule has 1 heterocycles. The number of benzene rings is 4. The standard InChI is InChI=1S/C34H26ClN/c1-36-29-15-9-8-14-26(29)33-31(24-16-18-25(35)19-17-24)32-27(20-21-28(32)34(33)36)30(22-10-4-2-5-11-22)23-12-6-3-7-13-23/h2-21,28,31-32H,1H3. The molecule has 0 bridgehead atoms. The molecule has 4 aromatic carbocycles. The van der Waals surface area contributed by atoms with Crippen molar-refractivity contribution < 1.29 is 0 Å². The lowest BCUT2D eigenvalue weighted by atomic mass is 9.77. The van der Waals surface area contributed by atoms with Crippen molar-refractivity contribution in [1.82, 2.24) is 4.57 Å². The van der Waals surface area contributed by atoms with Crippen LogP contribution in [0.2, 0.25) is 5.02 Å². The molecule has 0 fully saturated rings. The van der Waals surface area contributed by atoms with Gasteiger partial charge >= 0.3 is 0 Å². The first-order valence-electron chi connectivity index (χ1n) is 12.6. The van der Waals surface area contributed by atoms with Gasteiger partial charge in [0.1, 0.15) is 0 Å². The fraction of sp³-hybridized carbons (Fsp3) is 0.118. The Morgan fingerprint density at radius 2 is 1.33 bits per heavy atom. The summed E-state index contributed by atoms with van der Waals surface area (Å²) in [7, 11) is 2.23. The minimum absolute atomic E-state index is 0.251. The number of para-hydroxylation sites is 1. The zero-order valence-electron chi connectivity index (χ0n) is 20.1. The maximum Gasteiger partial charge on any atom is 0.0483 e. The second kappa shape index (κ2) is 8.40. The molecule has 174 valence electrons. The molecule has 36 heavy (non-hydrogen) atoms. The van der Waals surface area contributed by atoms with E-state index in [1.54, 1.807) is 0 Å². The Hall–Kier alpha value is -3.81. The van der Waals surface area contributed by atoms with E-state index in [-0.39, 0.29) is 5.92 Å². The van der Waals surface area contributed by atoms with Gasteiger partial charge in [0, 0.05) is 46.4 Å². The van der Waals surface area contributed by atoms with Gasteiger partial charge in [0.25, 0.3) is 0 Å². The number of allylic oxidation sites excluding steroid dienone is 3. The predicted octanol–water partition coefficient (Wildman–Crippen LogP) is 8.75. The summed E-state index contributed by atoms with van der Waals surface area (Å²) >= 11 is 6.34. The van der Waals surface area contributed by atoms with E-state index in [2.05, 4.69) is 121 Å². The second-order valence-corrected chi connectivity index (χ2v) is 10.3. The van der Waals surface area contributed by atoms with Crippen molar-refractivity contribution in [2.75, 3.05) is 0 Å². The van der Waals surface area contributed by atoms with Crippen molar-refractivity contribution in [2.45, 2.75) is 11.8 Å². The molecule has 2 aliphatic carbocycles. The van der Waals surface area contributed by atoms with Crippen LogP contribution in [0.1, 0.15) is 39.8 Å². The Labute approximate surface area is 217 Å². The van der Waals surface area contributed by atoms with E-state index in [1.807, 2.05) is 12.1 Å². The van der Waals surface area contributed by atoms with Crippen molar-refractivity contribution in [3.63, 3.8) is 0 Å². The van der Waals surface area contributed by atoms with E-state index in [0.717, 1.165) is 5.02 Å². The molecule has 0 saturated carbocycles. The maximum absolute atomic E-state index is 6.34. The monoisotopic (exact) mass is 483 g/mol. The van der Waals surface area contributed by atoms with Crippen LogP contribution in [-0.2, 0) is 7.05 Å². The molecule has 3 unspecified atom stereocenters. The molecule has 2 aliphatic rings. The molecule has 0 aliphatic heterocycles. The van der Waals surface area contributed by atoms with Gasteiger partial charge in [0.05, 0.1) is 0 Å². The van der Waals surface area contributed by atoms with E-state index in [1.165, 1.54) is 50.0 Å². The van der Waals surface area contributed by atoms with Gasteiger partial charge in [-0.1, -0.05) is 115 Å². The van der Waals surface area contributed by atoms with Gasteiger partial charge in [-0.05, 0) is 51.6 Å². The molecule has 7 rings (SSSR count). The van der Waals surface area contributed by atoms with Gasteiger partial charge in [-0.25, -0.2) is 0 Å². The normalized spacial score (nSPS) is 20.1. The first-order chi connectivity index (χ1) is 17.7. The molecule has 5 aromatic rings. The molecule has 0 spiro atoms. The average molecular weight is 484 g/mol. The highest BCUT2D eigenvalue weighted by molar-refractivity contribution is 6.30. The number of aryl methyl sites for hydroxylation is 1. The fourth-order valence-electron chi connectivity index (χ4n) is 6.64. The topological polar surface area (TPSA) is 4.93 Å². The highest BCUT2D eigenvalue weighted by atomic mass is 35.5. The lowest BCUT2D eigenvalue weighted by Crippen LogP contribution is -2.14. The van der Waals surface area contributed by atoms with Crippen LogP contribution in [0, 0.1) is 5.92 Å². The second-order valence-electron chi connectivity index (χ2n) is 9.88. The average Bonchev–Trinajstić information content (AvgIpc) is 3.57. The van der Waals surface area contributed by atoms with E-state index < -0.39 is 0 Å². The van der Waals surface area contributed by atoms with Crippen LogP contribution in [0.5, 0.6) is 0 Å². The molecular formula is C34H26ClN. The fourth-order valence-corrected chi connectivity index (χ4v) is 6.76. The summed E-state index contributed by atoms with van der Waals surface area (Å²) in [5.41, 5.74) is 10.8. The van der Waals surface area contributed by atoms with Crippen LogP contribution in [0.15, 0.2) is 127 Å². The summed E-state index contributed by atoms with van der Waals surface area (Å²) in [6.45, 7) is 0. The number of aromatic nitrogens is 1. The SMILES string of the molecule is Cn1c2c(c3ccccc31)C(c1ccc(Cl)cc1)C1C(=C(c3ccccc3)c3ccccc3)C=CC21. The molecule has 0 radical (unpaired) electrons. The summed E-state index contributed by atoms with van der Waals surface area (Å²) in [5.74, 6) is 0.902. The summed E-state index contributed by atoms with van der Waals surface area (Å²) in [6.07, 6.45) is 4.84. The smallest absolute Gasteiger partial charge is 0.0483 e. The third kappa shape index (κ3) is 3.16. The Bertz CT molecular complexity index is 1600. The van der Waals surface area contributed by atoms with Crippen molar-refractivity contribution >= 4 is 28.1 Å². The minimum Gasteiger partial charge on any atom is -0.347 e. The van der Waals surface area contributed by atoms with E-state index in [9.17, 15) is 0 Å². The summed E-state index contributed by atoms with van der Waals surface area (Å²) < 4.78 is 2.43.